The van der Waals surface area contributed by atoms with Gasteiger partial charge in [0.15, 0.2) is 0 Å². The highest BCUT2D eigenvalue weighted by molar-refractivity contribution is 5.79. The summed E-state index contributed by atoms with van der Waals surface area (Å²) in [6.07, 6.45) is 5.55. The van der Waals surface area contributed by atoms with Gasteiger partial charge >= 0.3 is 0 Å². The van der Waals surface area contributed by atoms with Gasteiger partial charge in [-0.15, -0.1) is 0 Å². The molecule has 26 heavy (non-hydrogen) atoms. The van der Waals surface area contributed by atoms with Crippen LogP contribution in [0.3, 0.4) is 0 Å². The van der Waals surface area contributed by atoms with Gasteiger partial charge in [0.25, 0.3) is 0 Å². The fourth-order valence-corrected chi connectivity index (χ4v) is 4.16. The predicted molar refractivity (Wildman–Crippen MR) is 96.4 cm³/mol. The van der Waals surface area contributed by atoms with Crippen molar-refractivity contribution in [2.24, 2.45) is 5.92 Å². The number of likely N-dealkylation sites (tertiary alicyclic amines) is 1. The molecule has 0 aliphatic carbocycles. The Balaban J connectivity index is 1.53. The number of carbonyl (C=O) groups is 1. The number of pyridine rings is 1. The maximum atomic E-state index is 12.9. The van der Waals surface area contributed by atoms with Crippen molar-refractivity contribution in [1.82, 2.24) is 15.0 Å². The van der Waals surface area contributed by atoms with Gasteiger partial charge in [-0.3, -0.25) is 9.78 Å². The molecule has 0 aromatic carbocycles. The molecule has 0 radical (unpaired) electrons. The lowest BCUT2D eigenvalue weighted by Gasteiger charge is -2.30. The van der Waals surface area contributed by atoms with Crippen LogP contribution in [-0.2, 0) is 9.53 Å². The quantitative estimate of drug-likeness (QED) is 0.843. The van der Waals surface area contributed by atoms with E-state index in [1.807, 2.05) is 31.0 Å². The highest BCUT2D eigenvalue weighted by atomic mass is 16.5. The van der Waals surface area contributed by atoms with E-state index in [1.165, 1.54) is 0 Å². The van der Waals surface area contributed by atoms with Gasteiger partial charge in [0, 0.05) is 43.0 Å². The first-order chi connectivity index (χ1) is 12.6. The van der Waals surface area contributed by atoms with Crippen LogP contribution in [0.15, 0.2) is 22.9 Å². The molecule has 2 aromatic rings. The number of ether oxygens (including phenoxy) is 1. The topological polar surface area (TPSA) is 68.5 Å². The number of hydrogen-bond acceptors (Lipinski definition) is 5. The average Bonchev–Trinajstić information content (AvgIpc) is 3.29. The van der Waals surface area contributed by atoms with Gasteiger partial charge in [-0.05, 0) is 45.6 Å². The van der Waals surface area contributed by atoms with Crippen molar-refractivity contribution >= 4 is 5.91 Å². The van der Waals surface area contributed by atoms with Crippen LogP contribution in [0.25, 0.3) is 11.1 Å². The van der Waals surface area contributed by atoms with E-state index in [1.54, 1.807) is 0 Å². The molecule has 0 unspecified atom stereocenters. The molecule has 138 valence electrons. The Labute approximate surface area is 153 Å². The standard InChI is InChI=1S/C20H25N3O3/c1-13-19(14(2)26-22-13)16-5-6-17(21-12-16)18-4-3-9-23(18)20(24)15-7-10-25-11-8-15/h5-6,12,15,18H,3-4,7-11H2,1-2H3/t18-/m1/s1. The Morgan fingerprint density at radius 3 is 2.65 bits per heavy atom. The maximum Gasteiger partial charge on any atom is 0.226 e. The molecule has 0 bridgehead atoms. The maximum absolute atomic E-state index is 12.9. The zero-order chi connectivity index (χ0) is 18.1. The summed E-state index contributed by atoms with van der Waals surface area (Å²) in [6.45, 7) is 6.06. The average molecular weight is 355 g/mol. The molecule has 2 fully saturated rings. The van der Waals surface area contributed by atoms with Gasteiger partial charge in [-0.2, -0.15) is 0 Å². The number of aromatic nitrogens is 2. The van der Waals surface area contributed by atoms with Crippen LogP contribution in [-0.4, -0.2) is 40.7 Å². The summed E-state index contributed by atoms with van der Waals surface area (Å²) in [4.78, 5) is 19.7. The Morgan fingerprint density at radius 2 is 2.00 bits per heavy atom. The van der Waals surface area contributed by atoms with Crippen LogP contribution in [0.5, 0.6) is 0 Å². The lowest BCUT2D eigenvalue weighted by molar-refractivity contribution is -0.139. The summed E-state index contributed by atoms with van der Waals surface area (Å²) in [5, 5.41) is 4.01. The van der Waals surface area contributed by atoms with Gasteiger partial charge in [0.2, 0.25) is 5.91 Å². The second kappa shape index (κ2) is 7.19. The molecule has 0 spiro atoms. The third-order valence-electron chi connectivity index (χ3n) is 5.56. The van der Waals surface area contributed by atoms with Gasteiger partial charge in [-0.25, -0.2) is 0 Å². The second-order valence-electron chi connectivity index (χ2n) is 7.25. The molecule has 1 amide bonds. The minimum Gasteiger partial charge on any atom is -0.381 e. The minimum absolute atomic E-state index is 0.0871. The summed E-state index contributed by atoms with van der Waals surface area (Å²) in [6, 6.07) is 4.19. The molecule has 4 rings (SSSR count). The fourth-order valence-electron chi connectivity index (χ4n) is 4.16. The van der Waals surface area contributed by atoms with Gasteiger partial charge in [0.05, 0.1) is 17.4 Å². The van der Waals surface area contributed by atoms with E-state index in [2.05, 4.69) is 16.2 Å². The van der Waals surface area contributed by atoms with Crippen molar-refractivity contribution in [3.8, 4) is 11.1 Å². The van der Waals surface area contributed by atoms with E-state index >= 15 is 0 Å². The number of hydrogen-bond donors (Lipinski definition) is 0. The molecule has 2 aliphatic heterocycles. The molecule has 0 N–H and O–H groups in total. The molecular weight excluding hydrogens is 330 g/mol. The molecule has 0 saturated carbocycles. The van der Waals surface area contributed by atoms with Crippen LogP contribution in [0.2, 0.25) is 0 Å². The fraction of sp³-hybridized carbons (Fsp3) is 0.550. The second-order valence-corrected chi connectivity index (χ2v) is 7.25. The van der Waals surface area contributed by atoms with Crippen molar-refractivity contribution < 1.29 is 14.1 Å². The smallest absolute Gasteiger partial charge is 0.226 e. The van der Waals surface area contributed by atoms with E-state index < -0.39 is 0 Å². The van der Waals surface area contributed by atoms with Crippen LogP contribution in [0.1, 0.15) is 48.9 Å². The van der Waals surface area contributed by atoms with Crippen LogP contribution < -0.4 is 0 Å². The largest absolute Gasteiger partial charge is 0.381 e. The number of amides is 1. The van der Waals surface area contributed by atoms with Gasteiger partial charge in [-0.1, -0.05) is 11.2 Å². The van der Waals surface area contributed by atoms with E-state index in [0.29, 0.717) is 13.2 Å². The zero-order valence-corrected chi connectivity index (χ0v) is 15.4. The minimum atomic E-state index is 0.0871. The van der Waals surface area contributed by atoms with Crippen molar-refractivity contribution in [2.75, 3.05) is 19.8 Å². The first-order valence-electron chi connectivity index (χ1n) is 9.42. The van der Waals surface area contributed by atoms with Crippen molar-refractivity contribution in [3.63, 3.8) is 0 Å². The molecule has 2 saturated heterocycles. The van der Waals surface area contributed by atoms with Crippen molar-refractivity contribution in [3.05, 3.63) is 35.5 Å². The molecule has 1 atom stereocenters. The summed E-state index contributed by atoms with van der Waals surface area (Å²) in [5.41, 5.74) is 3.85. The Hall–Kier alpha value is -2.21. The highest BCUT2D eigenvalue weighted by Gasteiger charge is 2.35. The normalized spacial score (nSPS) is 21.3. The Kier molecular flexibility index (Phi) is 4.76. The molecular formula is C20H25N3O3. The highest BCUT2D eigenvalue weighted by Crippen LogP contribution is 2.34. The van der Waals surface area contributed by atoms with Crippen LogP contribution in [0, 0.1) is 19.8 Å². The van der Waals surface area contributed by atoms with Crippen molar-refractivity contribution in [1.29, 1.82) is 0 Å². The van der Waals surface area contributed by atoms with E-state index in [4.69, 9.17) is 9.26 Å². The summed E-state index contributed by atoms with van der Waals surface area (Å²) >= 11 is 0. The number of rotatable bonds is 3. The summed E-state index contributed by atoms with van der Waals surface area (Å²) in [7, 11) is 0. The van der Waals surface area contributed by atoms with Crippen LogP contribution >= 0.6 is 0 Å². The molecule has 2 aromatic heterocycles. The monoisotopic (exact) mass is 355 g/mol. The predicted octanol–water partition coefficient (Wildman–Crippen LogP) is 3.44. The number of aryl methyl sites for hydroxylation is 2. The first kappa shape index (κ1) is 17.2. The number of nitrogens with zero attached hydrogens (tertiary/aromatic N) is 3. The third-order valence-corrected chi connectivity index (χ3v) is 5.56. The lowest BCUT2D eigenvalue weighted by atomic mass is 9.97. The van der Waals surface area contributed by atoms with Gasteiger partial charge < -0.3 is 14.2 Å². The SMILES string of the molecule is Cc1noc(C)c1-c1ccc([C@H]2CCCN2C(=O)C2CCOCC2)nc1. The van der Waals surface area contributed by atoms with Crippen molar-refractivity contribution in [2.45, 2.75) is 45.6 Å². The summed E-state index contributed by atoms with van der Waals surface area (Å²) < 4.78 is 10.7. The Morgan fingerprint density at radius 1 is 1.19 bits per heavy atom. The van der Waals surface area contributed by atoms with E-state index in [-0.39, 0.29) is 17.9 Å². The molecule has 6 nitrogen and oxygen atoms in total. The van der Waals surface area contributed by atoms with E-state index in [9.17, 15) is 4.79 Å². The molecule has 6 heteroatoms. The molecule has 4 heterocycles. The lowest BCUT2D eigenvalue weighted by Crippen LogP contribution is -2.38. The zero-order valence-electron chi connectivity index (χ0n) is 15.4. The number of carbonyl (C=O) groups excluding carboxylic acids is 1. The Bertz CT molecular complexity index is 759. The summed E-state index contributed by atoms with van der Waals surface area (Å²) in [5.74, 6) is 1.17. The first-order valence-corrected chi connectivity index (χ1v) is 9.42. The third kappa shape index (κ3) is 3.14. The van der Waals surface area contributed by atoms with Gasteiger partial charge in [0.1, 0.15) is 5.76 Å². The molecule has 2 aliphatic rings. The van der Waals surface area contributed by atoms with Crippen LogP contribution in [0.4, 0.5) is 0 Å². The van der Waals surface area contributed by atoms with E-state index in [0.717, 1.165) is 60.5 Å².